The number of sulfone groups is 1. The second-order valence-corrected chi connectivity index (χ2v) is 11.3. The van der Waals surface area contributed by atoms with Crippen molar-refractivity contribution in [2.45, 2.75) is 56.3 Å². The van der Waals surface area contributed by atoms with Crippen LogP contribution in [0.4, 0.5) is 0 Å². The number of carbonyl (C=O) groups is 1. The average Bonchev–Trinajstić information content (AvgIpc) is 2.82. The third-order valence-corrected chi connectivity index (χ3v) is 8.80. The molecular formula is C25H31Cl2NO5S. The highest BCUT2D eigenvalue weighted by atomic mass is 35.5. The molecule has 0 spiro atoms. The Hall–Kier alpha value is -1.80. The Morgan fingerprint density at radius 3 is 2.47 bits per heavy atom. The summed E-state index contributed by atoms with van der Waals surface area (Å²) in [6.45, 7) is 5.48. The normalized spacial score (nSPS) is 19.1. The lowest BCUT2D eigenvalue weighted by Gasteiger charge is -2.38. The topological polar surface area (TPSA) is 72.9 Å². The molecule has 2 aromatic rings. The molecule has 0 aliphatic carbocycles. The number of hydrogen-bond donors (Lipinski definition) is 0. The third kappa shape index (κ3) is 6.66. The van der Waals surface area contributed by atoms with Crippen LogP contribution >= 0.6 is 23.2 Å². The summed E-state index contributed by atoms with van der Waals surface area (Å²) < 4.78 is 38.3. The standard InChI is InChI=1S/C25H31Cl2NO5S/c1-3-5-14-33-20-7-9-21(10-8-20)34(30,31)24-16-19(25(29)32-4-2)12-13-28(24)17-18-6-11-22(26)23(27)15-18/h6-11,15,19,24H,3-5,12-14,16-17H2,1-2H3. The molecule has 0 N–H and O–H groups in total. The van der Waals surface area contributed by atoms with Crippen LogP contribution < -0.4 is 4.74 Å². The van der Waals surface area contributed by atoms with E-state index in [2.05, 4.69) is 6.92 Å². The van der Waals surface area contributed by atoms with Crippen molar-refractivity contribution in [1.82, 2.24) is 4.90 Å². The maximum Gasteiger partial charge on any atom is 0.309 e. The Labute approximate surface area is 212 Å². The molecule has 1 aliphatic heterocycles. The predicted octanol–water partition coefficient (Wildman–Crippen LogP) is 5.75. The largest absolute Gasteiger partial charge is 0.494 e. The number of unbranched alkanes of at least 4 members (excludes halogenated alkanes) is 1. The first-order valence-electron chi connectivity index (χ1n) is 11.6. The summed E-state index contributed by atoms with van der Waals surface area (Å²) in [7, 11) is -3.77. The number of halogens is 2. The summed E-state index contributed by atoms with van der Waals surface area (Å²) in [4.78, 5) is 14.5. The molecule has 1 heterocycles. The van der Waals surface area contributed by atoms with Crippen LogP contribution in [0.1, 0.15) is 45.1 Å². The summed E-state index contributed by atoms with van der Waals surface area (Å²) in [5.74, 6) is -0.189. The van der Waals surface area contributed by atoms with E-state index in [1.807, 2.05) is 11.0 Å². The van der Waals surface area contributed by atoms with E-state index in [9.17, 15) is 13.2 Å². The van der Waals surface area contributed by atoms with E-state index < -0.39 is 21.1 Å². The lowest BCUT2D eigenvalue weighted by Crippen LogP contribution is -2.48. The van der Waals surface area contributed by atoms with Gasteiger partial charge in [-0.3, -0.25) is 9.69 Å². The van der Waals surface area contributed by atoms with Crippen LogP contribution in [0.5, 0.6) is 5.75 Å². The van der Waals surface area contributed by atoms with Crippen molar-refractivity contribution in [2.24, 2.45) is 5.92 Å². The summed E-state index contributed by atoms with van der Waals surface area (Å²) in [6.07, 6.45) is 2.64. The maximum atomic E-state index is 13.7. The predicted molar refractivity (Wildman–Crippen MR) is 134 cm³/mol. The van der Waals surface area contributed by atoms with Crippen molar-refractivity contribution >= 4 is 39.0 Å². The number of ether oxygens (including phenoxy) is 2. The zero-order valence-electron chi connectivity index (χ0n) is 19.5. The second kappa shape index (κ2) is 12.2. The van der Waals surface area contributed by atoms with E-state index in [-0.39, 0.29) is 23.9 Å². The summed E-state index contributed by atoms with van der Waals surface area (Å²) in [5, 5.41) is -0.0209. The van der Waals surface area contributed by atoms with Crippen molar-refractivity contribution in [2.75, 3.05) is 19.8 Å². The van der Waals surface area contributed by atoms with Crippen LogP contribution in [-0.2, 0) is 25.9 Å². The third-order valence-electron chi connectivity index (χ3n) is 5.92. The molecule has 0 bridgehead atoms. The van der Waals surface area contributed by atoms with Gasteiger partial charge in [-0.25, -0.2) is 8.42 Å². The lowest BCUT2D eigenvalue weighted by molar-refractivity contribution is -0.149. The molecule has 1 fully saturated rings. The number of nitrogens with zero attached hydrogens (tertiary/aromatic N) is 1. The fourth-order valence-corrected chi connectivity index (χ4v) is 6.25. The van der Waals surface area contributed by atoms with Gasteiger partial charge in [-0.1, -0.05) is 42.6 Å². The zero-order chi connectivity index (χ0) is 24.7. The fourth-order valence-electron chi connectivity index (χ4n) is 4.04. The summed E-state index contributed by atoms with van der Waals surface area (Å²) >= 11 is 12.2. The van der Waals surface area contributed by atoms with Crippen LogP contribution in [0, 0.1) is 5.92 Å². The van der Waals surface area contributed by atoms with E-state index in [1.165, 1.54) is 0 Å². The van der Waals surface area contributed by atoms with Gasteiger partial charge in [0.25, 0.3) is 0 Å². The molecule has 9 heteroatoms. The second-order valence-electron chi connectivity index (χ2n) is 8.37. The van der Waals surface area contributed by atoms with Crippen molar-refractivity contribution in [3.63, 3.8) is 0 Å². The van der Waals surface area contributed by atoms with E-state index in [0.29, 0.717) is 41.9 Å². The molecule has 2 unspecified atom stereocenters. The first-order chi connectivity index (χ1) is 16.3. The number of hydrogen-bond acceptors (Lipinski definition) is 6. The Morgan fingerprint density at radius 1 is 1.09 bits per heavy atom. The van der Waals surface area contributed by atoms with Crippen LogP contribution in [0.25, 0.3) is 0 Å². The van der Waals surface area contributed by atoms with Crippen molar-refractivity contribution < 1.29 is 22.7 Å². The van der Waals surface area contributed by atoms with Gasteiger partial charge in [0, 0.05) is 13.1 Å². The number of benzene rings is 2. The summed E-state index contributed by atoms with van der Waals surface area (Å²) in [5.41, 5.74) is 0.851. The minimum absolute atomic E-state index is 0.164. The number of likely N-dealkylation sites (tertiary alicyclic amines) is 1. The van der Waals surface area contributed by atoms with Gasteiger partial charge in [0.1, 0.15) is 11.1 Å². The van der Waals surface area contributed by atoms with Gasteiger partial charge in [-0.15, -0.1) is 0 Å². The molecule has 6 nitrogen and oxygen atoms in total. The minimum atomic E-state index is -3.77. The van der Waals surface area contributed by atoms with Gasteiger partial charge in [0.2, 0.25) is 0 Å². The molecule has 186 valence electrons. The van der Waals surface area contributed by atoms with Gasteiger partial charge in [0.15, 0.2) is 9.84 Å². The van der Waals surface area contributed by atoms with Crippen LogP contribution in [0.3, 0.4) is 0 Å². The zero-order valence-corrected chi connectivity index (χ0v) is 21.8. The first-order valence-corrected chi connectivity index (χ1v) is 13.9. The SMILES string of the molecule is CCCCOc1ccc(S(=O)(=O)C2CC(C(=O)OCC)CCN2Cc2ccc(Cl)c(Cl)c2)cc1. The molecule has 34 heavy (non-hydrogen) atoms. The first kappa shape index (κ1) is 26.8. The Bertz CT molecular complexity index is 1080. The van der Waals surface area contributed by atoms with Gasteiger partial charge < -0.3 is 9.47 Å². The van der Waals surface area contributed by atoms with Crippen LogP contribution in [-0.4, -0.2) is 44.4 Å². The maximum absolute atomic E-state index is 13.7. The Morgan fingerprint density at radius 2 is 1.82 bits per heavy atom. The molecule has 1 saturated heterocycles. The number of carbonyl (C=O) groups excluding carboxylic acids is 1. The van der Waals surface area contributed by atoms with E-state index in [4.69, 9.17) is 32.7 Å². The monoisotopic (exact) mass is 527 g/mol. The number of esters is 1. The van der Waals surface area contributed by atoms with E-state index in [0.717, 1.165) is 18.4 Å². The highest BCUT2D eigenvalue weighted by Gasteiger charge is 2.41. The van der Waals surface area contributed by atoms with Crippen molar-refractivity contribution in [3.8, 4) is 5.75 Å². The lowest BCUT2D eigenvalue weighted by atomic mass is 9.96. The molecule has 2 aromatic carbocycles. The van der Waals surface area contributed by atoms with E-state index >= 15 is 0 Å². The average molecular weight is 528 g/mol. The smallest absolute Gasteiger partial charge is 0.309 e. The Kier molecular flexibility index (Phi) is 9.65. The highest BCUT2D eigenvalue weighted by Crippen LogP contribution is 2.33. The molecule has 0 radical (unpaired) electrons. The Balaban J connectivity index is 1.86. The van der Waals surface area contributed by atoms with Gasteiger partial charge in [0.05, 0.1) is 34.1 Å². The quantitative estimate of drug-likeness (QED) is 0.289. The van der Waals surface area contributed by atoms with Crippen LogP contribution in [0.2, 0.25) is 10.0 Å². The molecule has 1 aliphatic rings. The molecule has 0 saturated carbocycles. The minimum Gasteiger partial charge on any atom is -0.494 e. The molecular weight excluding hydrogens is 497 g/mol. The van der Waals surface area contributed by atoms with Gasteiger partial charge >= 0.3 is 5.97 Å². The highest BCUT2D eigenvalue weighted by molar-refractivity contribution is 7.92. The van der Waals surface area contributed by atoms with E-state index in [1.54, 1.807) is 43.3 Å². The van der Waals surface area contributed by atoms with Crippen molar-refractivity contribution in [1.29, 1.82) is 0 Å². The van der Waals surface area contributed by atoms with Crippen LogP contribution in [0.15, 0.2) is 47.4 Å². The summed E-state index contributed by atoms with van der Waals surface area (Å²) in [6, 6.07) is 11.8. The van der Waals surface area contributed by atoms with Gasteiger partial charge in [-0.05, 0) is 68.1 Å². The van der Waals surface area contributed by atoms with Gasteiger partial charge in [-0.2, -0.15) is 0 Å². The molecule has 2 atom stereocenters. The number of rotatable bonds is 10. The molecule has 0 amide bonds. The van der Waals surface area contributed by atoms with Crippen molar-refractivity contribution in [3.05, 3.63) is 58.1 Å². The molecule has 0 aromatic heterocycles. The fraction of sp³-hybridized carbons (Fsp3) is 0.480. The number of piperidine rings is 1. The molecule has 3 rings (SSSR count).